The van der Waals surface area contributed by atoms with E-state index in [0.29, 0.717) is 75.0 Å². The summed E-state index contributed by atoms with van der Waals surface area (Å²) in [6, 6.07) is 18.7. The van der Waals surface area contributed by atoms with Crippen LogP contribution in [0.1, 0.15) is 106 Å². The molecule has 2 aliphatic carbocycles. The van der Waals surface area contributed by atoms with Crippen molar-refractivity contribution in [1.29, 1.82) is 0 Å². The lowest BCUT2D eigenvalue weighted by Crippen LogP contribution is -2.58. The number of nitrogens with one attached hydrogen (secondary N) is 3. The first kappa shape index (κ1) is 48.5. The van der Waals surface area contributed by atoms with Gasteiger partial charge in [-0.1, -0.05) is 38.1 Å². The first-order valence-electron chi connectivity index (χ1n) is 24.4. The molecule has 4 fully saturated rings. The molecule has 3 aliphatic heterocycles. The molecular weight excluding hydrogens is 941 g/mol. The standard InChI is InChI=1S/C51H59F2N7O10S/c1-30(2)36-6-4-5-7-37(36)41-29-67-21-20-59(41)34-26-51(27-34)15-18-58(19-16-51)33-8-9-38(42(23-33)69-44-22-32-12-17-54-46(32)56-48(44)70-49(52)53)47(61)57-71(65,66)35-24-40(60(63)64)45-43(25-35)68-28-39(55-45)31-10-13-50(3,62)14-11-31/h4-9,12,17,22-25,30-31,34,39,41,49,55,62H,10-11,13-16,18-21,26-29H2,1-3H3,(H,54,56)(H,57,61)/t31?,39-,41-,50?/m1/s1. The summed E-state index contributed by atoms with van der Waals surface area (Å²) in [6.07, 6.45) is 7.97. The molecule has 0 radical (unpaired) electrons. The van der Waals surface area contributed by atoms with Crippen molar-refractivity contribution in [1.82, 2.24) is 19.6 Å². The fourth-order valence-corrected chi connectivity index (χ4v) is 12.5. The number of H-pyrrole nitrogens is 1. The number of alkyl halides is 2. The number of carbonyl (C=O) groups excluding carboxylic acids is 1. The molecule has 20 heteroatoms. The van der Waals surface area contributed by atoms with Crippen molar-refractivity contribution in [2.75, 3.05) is 49.7 Å². The maximum Gasteiger partial charge on any atom is 0.388 e. The highest BCUT2D eigenvalue weighted by atomic mass is 32.2. The van der Waals surface area contributed by atoms with E-state index in [1.54, 1.807) is 31.3 Å². The van der Waals surface area contributed by atoms with E-state index >= 15 is 0 Å². The number of rotatable bonds is 13. The highest BCUT2D eigenvalue weighted by molar-refractivity contribution is 7.90. The molecule has 2 saturated carbocycles. The van der Waals surface area contributed by atoms with Gasteiger partial charge in [0.05, 0.1) is 46.3 Å². The van der Waals surface area contributed by atoms with Gasteiger partial charge in [0.2, 0.25) is 0 Å². The van der Waals surface area contributed by atoms with Crippen LogP contribution < -0.4 is 29.1 Å². The van der Waals surface area contributed by atoms with Crippen molar-refractivity contribution in [3.8, 4) is 23.1 Å². The van der Waals surface area contributed by atoms with Gasteiger partial charge in [0.1, 0.15) is 18.0 Å². The van der Waals surface area contributed by atoms with Gasteiger partial charge in [0.15, 0.2) is 17.2 Å². The largest absolute Gasteiger partial charge is 0.489 e. The average molecular weight is 1000 g/mol. The zero-order chi connectivity index (χ0) is 49.8. The molecule has 2 saturated heterocycles. The second-order valence-electron chi connectivity index (χ2n) is 20.4. The van der Waals surface area contributed by atoms with Crippen molar-refractivity contribution in [3.05, 3.63) is 99.7 Å². The Labute approximate surface area is 410 Å². The third kappa shape index (κ3) is 9.95. The molecule has 5 heterocycles. The summed E-state index contributed by atoms with van der Waals surface area (Å²) in [7, 11) is -4.81. The number of carbonyl (C=O) groups is 1. The Morgan fingerprint density at radius 3 is 2.49 bits per heavy atom. The number of hydrogen-bond donors (Lipinski definition) is 4. The number of hydrogen-bond acceptors (Lipinski definition) is 14. The van der Waals surface area contributed by atoms with Gasteiger partial charge < -0.3 is 39.3 Å². The zero-order valence-corrected chi connectivity index (χ0v) is 40.7. The summed E-state index contributed by atoms with van der Waals surface area (Å²) in [5.74, 6) is -1.77. The number of aromatic amines is 1. The van der Waals surface area contributed by atoms with Crippen molar-refractivity contribution in [3.63, 3.8) is 0 Å². The Kier molecular flexibility index (Phi) is 13.1. The summed E-state index contributed by atoms with van der Waals surface area (Å²) in [6.45, 7) is 6.65. The Balaban J connectivity index is 0.889. The van der Waals surface area contributed by atoms with E-state index in [0.717, 1.165) is 44.4 Å². The topological polar surface area (TPSA) is 211 Å². The maximum atomic E-state index is 14.2. The maximum absolute atomic E-state index is 14.2. The van der Waals surface area contributed by atoms with Crippen LogP contribution in [0.3, 0.4) is 0 Å². The SMILES string of the molecule is CC(C)c1ccccc1[C@H]1COCCN1C1CC2(CCN(c3ccc(C(=O)NS(=O)(=O)c4cc5c(c([N+](=O)[O-])c4)N[C@@H](C4CCC(C)(O)CC4)CO5)c(Oc4cc5cc[nH]c5nc4OC(F)F)c3)CC2)C1. The van der Waals surface area contributed by atoms with Crippen LogP contribution in [0.2, 0.25) is 0 Å². The predicted octanol–water partition coefficient (Wildman–Crippen LogP) is 9.04. The molecule has 2 atom stereocenters. The van der Waals surface area contributed by atoms with Crippen LogP contribution in [0.4, 0.5) is 25.8 Å². The Hall–Kier alpha value is -6.09. The number of fused-ring (bicyclic) bond motifs is 2. The second-order valence-corrected chi connectivity index (χ2v) is 22.1. The van der Waals surface area contributed by atoms with Gasteiger partial charge in [-0.2, -0.15) is 13.8 Å². The first-order chi connectivity index (χ1) is 33.9. The van der Waals surface area contributed by atoms with Gasteiger partial charge in [0.25, 0.3) is 27.5 Å². The first-order valence-corrected chi connectivity index (χ1v) is 25.9. The fourth-order valence-electron chi connectivity index (χ4n) is 11.5. The quantitative estimate of drug-likeness (QED) is 0.0641. The molecule has 10 rings (SSSR count). The number of sulfonamides is 1. The molecule has 4 N–H and O–H groups in total. The van der Waals surface area contributed by atoms with Gasteiger partial charge in [-0.3, -0.25) is 19.8 Å². The van der Waals surface area contributed by atoms with Crippen molar-refractivity contribution >= 4 is 44.0 Å². The number of nitro groups is 1. The lowest BCUT2D eigenvalue weighted by molar-refractivity contribution is -0.384. The Morgan fingerprint density at radius 1 is 1.00 bits per heavy atom. The van der Waals surface area contributed by atoms with E-state index in [1.165, 1.54) is 23.3 Å². The van der Waals surface area contributed by atoms with E-state index in [4.69, 9.17) is 18.9 Å². The number of aliphatic hydroxyl groups is 1. The van der Waals surface area contributed by atoms with Gasteiger partial charge in [-0.15, -0.1) is 0 Å². The predicted molar refractivity (Wildman–Crippen MR) is 260 cm³/mol. The molecule has 5 aliphatic rings. The number of ether oxygens (including phenoxy) is 4. The van der Waals surface area contributed by atoms with Gasteiger partial charge in [-0.05, 0) is 111 Å². The van der Waals surface area contributed by atoms with Crippen molar-refractivity contribution in [2.45, 2.75) is 113 Å². The van der Waals surface area contributed by atoms with Crippen molar-refractivity contribution in [2.24, 2.45) is 11.3 Å². The molecule has 0 unspecified atom stereocenters. The second kappa shape index (κ2) is 19.2. The van der Waals surface area contributed by atoms with Gasteiger partial charge in [0, 0.05) is 61.1 Å². The Morgan fingerprint density at radius 2 is 1.76 bits per heavy atom. The molecule has 0 bridgehead atoms. The van der Waals surface area contributed by atoms with E-state index in [2.05, 4.69) is 63.2 Å². The molecule has 1 spiro atoms. The summed E-state index contributed by atoms with van der Waals surface area (Å²) >= 11 is 0. The number of nitro benzene ring substituents is 1. The van der Waals surface area contributed by atoms with Crippen LogP contribution in [-0.4, -0.2) is 103 Å². The third-order valence-electron chi connectivity index (χ3n) is 15.5. The van der Waals surface area contributed by atoms with Crippen LogP contribution in [0.15, 0.2) is 77.8 Å². The third-order valence-corrected chi connectivity index (χ3v) is 16.8. The number of benzene rings is 3. The normalized spacial score (nSPS) is 23.7. The van der Waals surface area contributed by atoms with E-state index in [9.17, 15) is 37.2 Å². The van der Waals surface area contributed by atoms with E-state index < -0.39 is 49.5 Å². The minimum Gasteiger partial charge on any atom is -0.489 e. The number of morpholine rings is 1. The van der Waals surface area contributed by atoms with Crippen molar-refractivity contribution < 1.29 is 51.0 Å². The summed E-state index contributed by atoms with van der Waals surface area (Å²) in [5, 5.41) is 26.6. The van der Waals surface area contributed by atoms with Gasteiger partial charge >= 0.3 is 6.61 Å². The summed E-state index contributed by atoms with van der Waals surface area (Å²) in [5.41, 5.74) is 2.13. The minimum absolute atomic E-state index is 0.0183. The van der Waals surface area contributed by atoms with Gasteiger partial charge in [-0.25, -0.2) is 13.1 Å². The molecular formula is C51H59F2N7O10S. The van der Waals surface area contributed by atoms with Crippen LogP contribution >= 0.6 is 0 Å². The van der Waals surface area contributed by atoms with E-state index in [-0.39, 0.29) is 64.2 Å². The lowest BCUT2D eigenvalue weighted by Gasteiger charge is -2.57. The van der Waals surface area contributed by atoms with Crippen LogP contribution in [0.5, 0.6) is 23.1 Å². The number of aromatic nitrogens is 2. The summed E-state index contributed by atoms with van der Waals surface area (Å²) in [4.78, 5) is 37.2. The zero-order valence-electron chi connectivity index (χ0n) is 39.9. The summed E-state index contributed by atoms with van der Waals surface area (Å²) < 4.78 is 80.7. The fraction of sp³-hybridized carbons (Fsp3) is 0.490. The molecule has 2 aromatic heterocycles. The minimum atomic E-state index is -4.81. The number of halogens is 2. The lowest BCUT2D eigenvalue weighted by atomic mass is 9.59. The molecule has 5 aromatic rings. The van der Waals surface area contributed by atoms with E-state index in [1.807, 2.05) is 4.72 Å². The smallest absolute Gasteiger partial charge is 0.388 e. The molecule has 17 nitrogen and oxygen atoms in total. The average Bonchev–Trinajstić information content (AvgIpc) is 3.79. The Bertz CT molecular complexity index is 2930. The van der Waals surface area contributed by atoms with Crippen LogP contribution in [0, 0.1) is 21.4 Å². The molecule has 1 amide bonds. The number of anilines is 2. The van der Waals surface area contributed by atoms with Crippen LogP contribution in [-0.2, 0) is 14.8 Å². The highest BCUT2D eigenvalue weighted by Gasteiger charge is 2.50. The number of nitrogens with zero attached hydrogens (tertiary/aromatic N) is 4. The van der Waals surface area contributed by atoms with Crippen LogP contribution in [0.25, 0.3) is 11.0 Å². The number of piperidine rings is 1. The number of amides is 1. The number of pyridine rings is 1. The molecule has 71 heavy (non-hydrogen) atoms. The highest BCUT2D eigenvalue weighted by Crippen LogP contribution is 2.53. The molecule has 3 aromatic carbocycles. The monoisotopic (exact) mass is 999 g/mol. The molecule has 378 valence electrons.